The number of benzene rings is 1. The Morgan fingerprint density at radius 3 is 2.24 bits per heavy atom. The molecule has 0 amide bonds. The third kappa shape index (κ3) is 3.55. The highest BCUT2D eigenvalue weighted by molar-refractivity contribution is 5.22. The van der Waals surface area contributed by atoms with Gasteiger partial charge in [-0.25, -0.2) is 0 Å². The van der Waals surface area contributed by atoms with E-state index in [1.165, 1.54) is 5.56 Å². The van der Waals surface area contributed by atoms with Crippen molar-refractivity contribution in [1.29, 1.82) is 0 Å². The number of rotatable bonds is 6. The molecule has 1 unspecified atom stereocenters. The molecule has 1 aromatic rings. The molecule has 1 N–H and O–H groups in total. The molecule has 1 rings (SSSR count). The van der Waals surface area contributed by atoms with Gasteiger partial charge in [-0.3, -0.25) is 0 Å². The van der Waals surface area contributed by atoms with Crippen LogP contribution >= 0.6 is 0 Å². The van der Waals surface area contributed by atoms with E-state index in [4.69, 9.17) is 0 Å². The molecule has 0 aromatic heterocycles. The third-order valence-electron chi connectivity index (χ3n) is 3.59. The summed E-state index contributed by atoms with van der Waals surface area (Å²) in [6.45, 7) is 7.83. The predicted octanol–water partition coefficient (Wildman–Crippen LogP) is 3.07. The van der Waals surface area contributed by atoms with E-state index in [9.17, 15) is 0 Å². The van der Waals surface area contributed by atoms with Gasteiger partial charge in [-0.1, -0.05) is 37.3 Å². The lowest BCUT2D eigenvalue weighted by molar-refractivity contribution is 0.138. The summed E-state index contributed by atoms with van der Waals surface area (Å²) in [6.07, 6.45) is 1.16. The molecule has 0 heterocycles. The Labute approximate surface area is 106 Å². The van der Waals surface area contributed by atoms with Crippen LogP contribution in [0.3, 0.4) is 0 Å². The van der Waals surface area contributed by atoms with Crippen LogP contribution in [0.25, 0.3) is 0 Å². The Bertz CT molecular complexity index is 317. The van der Waals surface area contributed by atoms with E-state index >= 15 is 0 Å². The third-order valence-corrected chi connectivity index (χ3v) is 3.59. The predicted molar refractivity (Wildman–Crippen MR) is 75.2 cm³/mol. The van der Waals surface area contributed by atoms with Gasteiger partial charge in [0, 0.05) is 5.54 Å². The van der Waals surface area contributed by atoms with E-state index in [1.54, 1.807) is 0 Å². The SMILES string of the molecule is CCCNC(c1ccccc1)C(C)(C)N(C)C. The smallest absolute Gasteiger partial charge is 0.0501 e. The summed E-state index contributed by atoms with van der Waals surface area (Å²) in [6, 6.07) is 11.1. The van der Waals surface area contributed by atoms with Crippen LogP contribution in [-0.4, -0.2) is 31.1 Å². The average molecular weight is 234 g/mol. The Morgan fingerprint density at radius 2 is 1.76 bits per heavy atom. The monoisotopic (exact) mass is 234 g/mol. The van der Waals surface area contributed by atoms with Crippen molar-refractivity contribution in [2.45, 2.75) is 38.8 Å². The lowest BCUT2D eigenvalue weighted by Crippen LogP contribution is -2.49. The average Bonchev–Trinajstić information content (AvgIpc) is 2.30. The van der Waals surface area contributed by atoms with Crippen molar-refractivity contribution in [1.82, 2.24) is 10.2 Å². The van der Waals surface area contributed by atoms with Gasteiger partial charge in [0.05, 0.1) is 6.04 Å². The summed E-state index contributed by atoms with van der Waals surface area (Å²) in [5, 5.41) is 3.67. The quantitative estimate of drug-likeness (QED) is 0.814. The van der Waals surface area contributed by atoms with Crippen molar-refractivity contribution >= 4 is 0 Å². The van der Waals surface area contributed by atoms with Crippen LogP contribution in [0.2, 0.25) is 0 Å². The summed E-state index contributed by atoms with van der Waals surface area (Å²) < 4.78 is 0. The summed E-state index contributed by atoms with van der Waals surface area (Å²) in [5.74, 6) is 0. The maximum atomic E-state index is 3.67. The Kier molecular flexibility index (Phi) is 5.16. The number of likely N-dealkylation sites (N-methyl/N-ethyl adjacent to an activating group) is 1. The highest BCUT2D eigenvalue weighted by atomic mass is 15.2. The minimum atomic E-state index is 0.0938. The van der Waals surface area contributed by atoms with Crippen LogP contribution in [0.15, 0.2) is 30.3 Å². The molecule has 0 aliphatic heterocycles. The van der Waals surface area contributed by atoms with Crippen LogP contribution in [0.5, 0.6) is 0 Å². The van der Waals surface area contributed by atoms with E-state index in [-0.39, 0.29) is 5.54 Å². The van der Waals surface area contributed by atoms with Crippen LogP contribution in [0.1, 0.15) is 38.8 Å². The van der Waals surface area contributed by atoms with Crippen molar-refractivity contribution in [2.75, 3.05) is 20.6 Å². The minimum Gasteiger partial charge on any atom is -0.308 e. The minimum absolute atomic E-state index is 0.0938. The molecule has 0 aliphatic carbocycles. The number of nitrogens with zero attached hydrogens (tertiary/aromatic N) is 1. The van der Waals surface area contributed by atoms with Crippen LogP contribution in [0, 0.1) is 0 Å². The molecule has 1 atom stereocenters. The first kappa shape index (κ1) is 14.2. The Hall–Kier alpha value is -0.860. The van der Waals surface area contributed by atoms with Crippen molar-refractivity contribution < 1.29 is 0 Å². The first-order chi connectivity index (χ1) is 8.00. The molecule has 0 fully saturated rings. The molecule has 1 aromatic carbocycles. The number of hydrogen-bond donors (Lipinski definition) is 1. The molecule has 0 spiro atoms. The molecule has 0 radical (unpaired) electrons. The first-order valence-electron chi connectivity index (χ1n) is 6.46. The zero-order valence-corrected chi connectivity index (χ0v) is 11.8. The fraction of sp³-hybridized carbons (Fsp3) is 0.600. The van der Waals surface area contributed by atoms with Crippen LogP contribution < -0.4 is 5.32 Å². The van der Waals surface area contributed by atoms with Crippen LogP contribution in [-0.2, 0) is 0 Å². The summed E-state index contributed by atoms with van der Waals surface area (Å²) in [7, 11) is 4.28. The molecule has 96 valence electrons. The highest BCUT2D eigenvalue weighted by Crippen LogP contribution is 2.29. The fourth-order valence-corrected chi connectivity index (χ4v) is 1.97. The van der Waals surface area contributed by atoms with E-state index in [1.807, 2.05) is 0 Å². The maximum absolute atomic E-state index is 3.67. The Morgan fingerprint density at radius 1 is 1.18 bits per heavy atom. The Balaban J connectivity index is 2.96. The molecular formula is C15H26N2. The maximum Gasteiger partial charge on any atom is 0.0501 e. The van der Waals surface area contributed by atoms with E-state index in [0.717, 1.165) is 13.0 Å². The van der Waals surface area contributed by atoms with Crippen molar-refractivity contribution in [3.8, 4) is 0 Å². The molecule has 2 nitrogen and oxygen atoms in total. The molecule has 17 heavy (non-hydrogen) atoms. The summed E-state index contributed by atoms with van der Waals surface area (Å²) in [5.41, 5.74) is 1.45. The zero-order chi connectivity index (χ0) is 12.9. The molecule has 0 aliphatic rings. The van der Waals surface area contributed by atoms with Gasteiger partial charge in [-0.2, -0.15) is 0 Å². The molecule has 0 bridgehead atoms. The van der Waals surface area contributed by atoms with Gasteiger partial charge in [-0.15, -0.1) is 0 Å². The summed E-state index contributed by atoms with van der Waals surface area (Å²) >= 11 is 0. The second kappa shape index (κ2) is 6.18. The lowest BCUT2D eigenvalue weighted by atomic mass is 9.87. The van der Waals surface area contributed by atoms with Gasteiger partial charge < -0.3 is 10.2 Å². The van der Waals surface area contributed by atoms with Gasteiger partial charge in [0.1, 0.15) is 0 Å². The molecule has 0 saturated carbocycles. The van der Waals surface area contributed by atoms with Gasteiger partial charge >= 0.3 is 0 Å². The van der Waals surface area contributed by atoms with Crippen molar-refractivity contribution in [3.63, 3.8) is 0 Å². The highest BCUT2D eigenvalue weighted by Gasteiger charge is 2.32. The molecular weight excluding hydrogens is 208 g/mol. The van der Waals surface area contributed by atoms with E-state index in [2.05, 4.69) is 75.4 Å². The zero-order valence-electron chi connectivity index (χ0n) is 11.8. The second-order valence-corrected chi connectivity index (χ2v) is 5.35. The fourth-order valence-electron chi connectivity index (χ4n) is 1.97. The van der Waals surface area contributed by atoms with E-state index < -0.39 is 0 Å². The molecule has 0 saturated heterocycles. The van der Waals surface area contributed by atoms with Gasteiger partial charge in [0.15, 0.2) is 0 Å². The van der Waals surface area contributed by atoms with Crippen molar-refractivity contribution in [2.24, 2.45) is 0 Å². The number of nitrogens with one attached hydrogen (secondary N) is 1. The van der Waals surface area contributed by atoms with Gasteiger partial charge in [0.2, 0.25) is 0 Å². The first-order valence-corrected chi connectivity index (χ1v) is 6.46. The van der Waals surface area contributed by atoms with E-state index in [0.29, 0.717) is 6.04 Å². The molecule has 2 heteroatoms. The largest absolute Gasteiger partial charge is 0.308 e. The standard InChI is InChI=1S/C15H26N2/c1-6-12-16-14(15(2,3)17(4)5)13-10-8-7-9-11-13/h7-11,14,16H,6,12H2,1-5H3. The van der Waals surface area contributed by atoms with Gasteiger partial charge in [0.25, 0.3) is 0 Å². The van der Waals surface area contributed by atoms with Crippen molar-refractivity contribution in [3.05, 3.63) is 35.9 Å². The van der Waals surface area contributed by atoms with Crippen LogP contribution in [0.4, 0.5) is 0 Å². The second-order valence-electron chi connectivity index (χ2n) is 5.35. The van der Waals surface area contributed by atoms with Gasteiger partial charge in [-0.05, 0) is 46.5 Å². The number of hydrogen-bond acceptors (Lipinski definition) is 2. The summed E-state index contributed by atoms with van der Waals surface area (Å²) in [4.78, 5) is 2.29. The topological polar surface area (TPSA) is 15.3 Å². The lowest BCUT2D eigenvalue weighted by Gasteiger charge is -2.41. The normalized spacial score (nSPS) is 14.0.